The number of rotatable bonds is 8. The standard InChI is InChI=1S/C24H25F2NO5/c1-29-21-14-17(4-9-20(21)32-24(25)26)15-27(18-6-7-18)23(28)10-5-16-3-8-19-22(13-16)31-12-2-11-30-19/h3-5,8-10,13-14,18,24H,2,6-7,11-12,15H2,1H3/b10-5+. The molecule has 0 N–H and O–H groups in total. The van der Waals surface area contributed by atoms with Crippen LogP contribution in [0.15, 0.2) is 42.5 Å². The summed E-state index contributed by atoms with van der Waals surface area (Å²) in [4.78, 5) is 14.7. The van der Waals surface area contributed by atoms with Gasteiger partial charge >= 0.3 is 6.61 Å². The minimum absolute atomic E-state index is 0.0372. The second-order valence-corrected chi connectivity index (χ2v) is 7.65. The van der Waals surface area contributed by atoms with Gasteiger partial charge in [-0.05, 0) is 54.3 Å². The number of benzene rings is 2. The summed E-state index contributed by atoms with van der Waals surface area (Å²) in [5.74, 6) is 1.43. The first kappa shape index (κ1) is 21.9. The molecule has 2 aliphatic rings. The number of methoxy groups -OCH3 is 1. The van der Waals surface area contributed by atoms with Gasteiger partial charge in [0, 0.05) is 25.1 Å². The number of carbonyl (C=O) groups is 1. The molecule has 170 valence electrons. The van der Waals surface area contributed by atoms with Gasteiger partial charge in [0.15, 0.2) is 23.0 Å². The number of halogens is 2. The molecule has 1 aliphatic heterocycles. The Labute approximate surface area is 185 Å². The minimum Gasteiger partial charge on any atom is -0.493 e. The lowest BCUT2D eigenvalue weighted by Gasteiger charge is -2.22. The SMILES string of the molecule is COc1cc(CN(C(=O)/C=C/c2ccc3c(c2)OCCCO3)C2CC2)ccc1OC(F)F. The molecule has 0 unspecified atom stereocenters. The van der Waals surface area contributed by atoms with Crippen LogP contribution in [0.4, 0.5) is 8.78 Å². The first-order valence-corrected chi connectivity index (χ1v) is 10.5. The lowest BCUT2D eigenvalue weighted by atomic mass is 10.1. The van der Waals surface area contributed by atoms with E-state index in [2.05, 4.69) is 4.74 Å². The Hall–Kier alpha value is -3.29. The molecule has 8 heteroatoms. The van der Waals surface area contributed by atoms with Gasteiger partial charge in [-0.1, -0.05) is 12.1 Å². The molecule has 2 aromatic rings. The van der Waals surface area contributed by atoms with Crippen LogP contribution in [0, 0.1) is 0 Å². The monoisotopic (exact) mass is 445 g/mol. The van der Waals surface area contributed by atoms with Crippen LogP contribution in [-0.2, 0) is 11.3 Å². The molecule has 32 heavy (non-hydrogen) atoms. The van der Waals surface area contributed by atoms with Crippen molar-refractivity contribution in [1.29, 1.82) is 0 Å². The van der Waals surface area contributed by atoms with Crippen molar-refractivity contribution in [3.63, 3.8) is 0 Å². The maximum atomic E-state index is 12.9. The van der Waals surface area contributed by atoms with E-state index in [1.807, 2.05) is 18.2 Å². The average molecular weight is 445 g/mol. The number of nitrogens with zero attached hydrogens (tertiary/aromatic N) is 1. The molecular weight excluding hydrogens is 420 g/mol. The van der Waals surface area contributed by atoms with Crippen LogP contribution in [-0.4, -0.2) is 43.8 Å². The Bertz CT molecular complexity index is 990. The molecule has 1 amide bonds. The van der Waals surface area contributed by atoms with Gasteiger partial charge in [0.25, 0.3) is 0 Å². The van der Waals surface area contributed by atoms with E-state index in [9.17, 15) is 13.6 Å². The predicted molar refractivity (Wildman–Crippen MR) is 114 cm³/mol. The third-order valence-corrected chi connectivity index (χ3v) is 5.26. The normalized spacial score (nSPS) is 15.5. The Morgan fingerprint density at radius 2 is 1.91 bits per heavy atom. The van der Waals surface area contributed by atoms with Crippen molar-refractivity contribution in [3.8, 4) is 23.0 Å². The molecule has 1 heterocycles. The Balaban J connectivity index is 1.46. The van der Waals surface area contributed by atoms with Crippen molar-refractivity contribution in [3.05, 3.63) is 53.6 Å². The van der Waals surface area contributed by atoms with Crippen molar-refractivity contribution in [2.45, 2.75) is 38.5 Å². The summed E-state index contributed by atoms with van der Waals surface area (Å²) in [6, 6.07) is 10.5. The maximum Gasteiger partial charge on any atom is 0.387 e. The van der Waals surface area contributed by atoms with Crippen molar-refractivity contribution in [2.75, 3.05) is 20.3 Å². The molecule has 0 aromatic heterocycles. The van der Waals surface area contributed by atoms with E-state index >= 15 is 0 Å². The fourth-order valence-corrected chi connectivity index (χ4v) is 3.52. The average Bonchev–Trinajstić information content (AvgIpc) is 3.63. The van der Waals surface area contributed by atoms with E-state index in [-0.39, 0.29) is 23.4 Å². The van der Waals surface area contributed by atoms with Gasteiger partial charge in [0.05, 0.1) is 20.3 Å². The number of hydrogen-bond donors (Lipinski definition) is 0. The highest BCUT2D eigenvalue weighted by molar-refractivity contribution is 5.92. The van der Waals surface area contributed by atoms with E-state index in [0.717, 1.165) is 30.4 Å². The van der Waals surface area contributed by atoms with Crippen LogP contribution in [0.1, 0.15) is 30.4 Å². The number of ether oxygens (including phenoxy) is 4. The second kappa shape index (κ2) is 9.89. The van der Waals surface area contributed by atoms with E-state index in [4.69, 9.17) is 14.2 Å². The highest BCUT2D eigenvalue weighted by atomic mass is 19.3. The molecule has 0 bridgehead atoms. The molecular formula is C24H25F2NO5. The van der Waals surface area contributed by atoms with E-state index in [1.54, 1.807) is 29.2 Å². The van der Waals surface area contributed by atoms with Crippen LogP contribution in [0.3, 0.4) is 0 Å². The third-order valence-electron chi connectivity index (χ3n) is 5.26. The predicted octanol–water partition coefficient (Wildman–Crippen LogP) is 4.66. The number of carbonyl (C=O) groups excluding carboxylic acids is 1. The summed E-state index contributed by atoms with van der Waals surface area (Å²) in [6.45, 7) is -1.37. The van der Waals surface area contributed by atoms with Gasteiger partial charge in [-0.2, -0.15) is 8.78 Å². The lowest BCUT2D eigenvalue weighted by Crippen LogP contribution is -2.31. The number of amides is 1. The fourth-order valence-electron chi connectivity index (χ4n) is 3.52. The van der Waals surface area contributed by atoms with Crippen molar-refractivity contribution < 1.29 is 32.5 Å². The highest BCUT2D eigenvalue weighted by Gasteiger charge is 2.31. The van der Waals surface area contributed by atoms with E-state index in [1.165, 1.54) is 13.2 Å². The van der Waals surface area contributed by atoms with Gasteiger partial charge in [0.1, 0.15) is 0 Å². The summed E-state index contributed by atoms with van der Waals surface area (Å²) in [6.07, 6.45) is 6.00. The number of hydrogen-bond acceptors (Lipinski definition) is 5. The zero-order chi connectivity index (χ0) is 22.5. The Morgan fingerprint density at radius 3 is 2.62 bits per heavy atom. The zero-order valence-electron chi connectivity index (χ0n) is 17.8. The van der Waals surface area contributed by atoms with Crippen molar-refractivity contribution >= 4 is 12.0 Å². The van der Waals surface area contributed by atoms with E-state index < -0.39 is 6.61 Å². The molecule has 4 rings (SSSR count). The van der Waals surface area contributed by atoms with Gasteiger partial charge in [-0.25, -0.2) is 0 Å². The Morgan fingerprint density at radius 1 is 1.12 bits per heavy atom. The number of alkyl halides is 2. The lowest BCUT2D eigenvalue weighted by molar-refractivity contribution is -0.127. The summed E-state index contributed by atoms with van der Waals surface area (Å²) in [5, 5.41) is 0. The van der Waals surface area contributed by atoms with Crippen molar-refractivity contribution in [2.24, 2.45) is 0 Å². The van der Waals surface area contributed by atoms with Gasteiger partial charge in [-0.3, -0.25) is 4.79 Å². The molecule has 0 spiro atoms. The van der Waals surface area contributed by atoms with Crippen LogP contribution in [0.2, 0.25) is 0 Å². The molecule has 0 saturated heterocycles. The second-order valence-electron chi connectivity index (χ2n) is 7.65. The number of fused-ring (bicyclic) bond motifs is 1. The third kappa shape index (κ3) is 5.49. The zero-order valence-corrected chi connectivity index (χ0v) is 17.8. The van der Waals surface area contributed by atoms with Crippen molar-refractivity contribution in [1.82, 2.24) is 4.90 Å². The summed E-state index contributed by atoms with van der Waals surface area (Å²) >= 11 is 0. The fraction of sp³-hybridized carbons (Fsp3) is 0.375. The molecule has 1 aliphatic carbocycles. The van der Waals surface area contributed by atoms with Crippen LogP contribution in [0.25, 0.3) is 6.08 Å². The molecule has 0 radical (unpaired) electrons. The van der Waals surface area contributed by atoms with Gasteiger partial charge in [-0.15, -0.1) is 0 Å². The van der Waals surface area contributed by atoms with E-state index in [0.29, 0.717) is 31.3 Å². The molecule has 1 saturated carbocycles. The first-order valence-electron chi connectivity index (χ1n) is 10.5. The van der Waals surface area contributed by atoms with Gasteiger partial charge in [0.2, 0.25) is 5.91 Å². The quantitative estimate of drug-likeness (QED) is 0.553. The smallest absolute Gasteiger partial charge is 0.387 e. The maximum absolute atomic E-state index is 12.9. The van der Waals surface area contributed by atoms with Crippen LogP contribution in [0.5, 0.6) is 23.0 Å². The highest BCUT2D eigenvalue weighted by Crippen LogP contribution is 2.33. The summed E-state index contributed by atoms with van der Waals surface area (Å²) < 4.78 is 46.1. The minimum atomic E-state index is -2.94. The first-order chi connectivity index (χ1) is 15.5. The summed E-state index contributed by atoms with van der Waals surface area (Å²) in [7, 11) is 1.39. The van der Waals surface area contributed by atoms with Gasteiger partial charge < -0.3 is 23.8 Å². The van der Waals surface area contributed by atoms with Crippen LogP contribution < -0.4 is 18.9 Å². The van der Waals surface area contributed by atoms with Crippen LogP contribution >= 0.6 is 0 Å². The topological polar surface area (TPSA) is 57.2 Å². The Kier molecular flexibility index (Phi) is 6.78. The molecule has 2 aromatic carbocycles. The molecule has 0 atom stereocenters. The largest absolute Gasteiger partial charge is 0.493 e. The molecule has 1 fully saturated rings. The molecule has 6 nitrogen and oxygen atoms in total. The summed E-state index contributed by atoms with van der Waals surface area (Å²) in [5.41, 5.74) is 1.61.